The second-order valence-corrected chi connectivity index (χ2v) is 5.61. The number of rotatable bonds is 2. The van der Waals surface area contributed by atoms with E-state index in [-0.39, 0.29) is 12.1 Å². The molecule has 2 heterocycles. The summed E-state index contributed by atoms with van der Waals surface area (Å²) >= 11 is 0. The highest BCUT2D eigenvalue weighted by Gasteiger charge is 2.31. The van der Waals surface area contributed by atoms with E-state index >= 15 is 0 Å². The van der Waals surface area contributed by atoms with Crippen molar-refractivity contribution in [1.82, 2.24) is 19.9 Å². The predicted molar refractivity (Wildman–Crippen MR) is 66.9 cm³/mol. The third kappa shape index (κ3) is 3.30. The fourth-order valence-corrected chi connectivity index (χ4v) is 1.97. The number of nitrogens with zero attached hydrogens (tertiary/aromatic N) is 4. The van der Waals surface area contributed by atoms with Crippen LogP contribution in [0.25, 0.3) is 0 Å². The van der Waals surface area contributed by atoms with Gasteiger partial charge in [-0.25, -0.2) is 9.48 Å². The van der Waals surface area contributed by atoms with Crippen molar-refractivity contribution < 1.29 is 14.3 Å². The molecule has 0 aromatic carbocycles. The number of aldehydes is 1. The highest BCUT2D eigenvalue weighted by Crippen LogP contribution is 2.22. The largest absolute Gasteiger partial charge is 0.444 e. The summed E-state index contributed by atoms with van der Waals surface area (Å²) in [5.74, 6) is 0. The van der Waals surface area contributed by atoms with Crippen LogP contribution in [0.1, 0.15) is 43.7 Å². The molecule has 1 amide bonds. The normalized spacial score (nSPS) is 19.5. The fourth-order valence-electron chi connectivity index (χ4n) is 1.97. The first kappa shape index (κ1) is 13.5. The van der Waals surface area contributed by atoms with Crippen molar-refractivity contribution in [3.8, 4) is 0 Å². The third-order valence-corrected chi connectivity index (χ3v) is 2.84. The van der Waals surface area contributed by atoms with Crippen LogP contribution >= 0.6 is 0 Å². The molecule has 0 spiro atoms. The summed E-state index contributed by atoms with van der Waals surface area (Å²) in [7, 11) is 0. The number of likely N-dealkylation sites (tertiary alicyclic amines) is 1. The van der Waals surface area contributed by atoms with Crippen LogP contribution in [-0.4, -0.2) is 51.0 Å². The molecule has 1 fully saturated rings. The Bertz CT molecular complexity index is 478. The van der Waals surface area contributed by atoms with E-state index in [1.165, 1.54) is 0 Å². The van der Waals surface area contributed by atoms with E-state index in [1.807, 2.05) is 20.8 Å². The lowest BCUT2D eigenvalue weighted by molar-refractivity contribution is 0.0288. The van der Waals surface area contributed by atoms with Crippen molar-refractivity contribution in [2.75, 3.05) is 13.1 Å². The van der Waals surface area contributed by atoms with Crippen LogP contribution in [0, 0.1) is 0 Å². The molecule has 0 aliphatic carbocycles. The molecule has 1 saturated heterocycles. The minimum atomic E-state index is -0.493. The molecule has 0 saturated carbocycles. The molecule has 1 aromatic rings. The number of ether oxygens (including phenoxy) is 1. The van der Waals surface area contributed by atoms with E-state index in [4.69, 9.17) is 4.74 Å². The Morgan fingerprint density at radius 3 is 2.84 bits per heavy atom. The van der Waals surface area contributed by atoms with Gasteiger partial charge in [-0.3, -0.25) is 4.79 Å². The van der Waals surface area contributed by atoms with Crippen LogP contribution in [0.5, 0.6) is 0 Å². The second kappa shape index (κ2) is 4.99. The number of amides is 1. The molecule has 1 atom stereocenters. The standard InChI is InChI=1S/C12H18N4O3/c1-12(2,3)19-11(18)15-5-4-10(7-15)16-6-9(8-17)13-14-16/h6,8,10H,4-5,7H2,1-3H3/t10-/m1/s1. The molecular formula is C12H18N4O3. The SMILES string of the molecule is CC(C)(C)OC(=O)N1CC[C@@H](n2cc(C=O)nn2)C1. The summed E-state index contributed by atoms with van der Waals surface area (Å²) < 4.78 is 6.95. The van der Waals surface area contributed by atoms with Crippen molar-refractivity contribution >= 4 is 12.4 Å². The van der Waals surface area contributed by atoms with Crippen molar-refractivity contribution in [1.29, 1.82) is 0 Å². The molecule has 104 valence electrons. The van der Waals surface area contributed by atoms with E-state index in [0.29, 0.717) is 25.1 Å². The summed E-state index contributed by atoms with van der Waals surface area (Å²) in [5.41, 5.74) is -0.191. The molecule has 7 heteroatoms. The van der Waals surface area contributed by atoms with Gasteiger partial charge in [0.05, 0.1) is 12.2 Å². The maximum absolute atomic E-state index is 11.9. The van der Waals surface area contributed by atoms with E-state index in [1.54, 1.807) is 15.8 Å². The fraction of sp³-hybridized carbons (Fsp3) is 0.667. The van der Waals surface area contributed by atoms with Gasteiger partial charge in [0.1, 0.15) is 11.3 Å². The number of carbonyl (C=O) groups is 2. The van der Waals surface area contributed by atoms with Crippen molar-refractivity contribution in [3.63, 3.8) is 0 Å². The van der Waals surface area contributed by atoms with Crippen LogP contribution < -0.4 is 0 Å². The summed E-state index contributed by atoms with van der Waals surface area (Å²) in [6, 6.07) is 0.0497. The zero-order valence-corrected chi connectivity index (χ0v) is 11.4. The van der Waals surface area contributed by atoms with Crippen LogP contribution in [-0.2, 0) is 4.74 Å². The van der Waals surface area contributed by atoms with Crippen molar-refractivity contribution in [2.45, 2.75) is 38.8 Å². The Hall–Kier alpha value is -1.92. The van der Waals surface area contributed by atoms with Crippen molar-refractivity contribution in [2.24, 2.45) is 0 Å². The highest BCUT2D eigenvalue weighted by atomic mass is 16.6. The molecule has 0 unspecified atom stereocenters. The average Bonchev–Trinajstić information content (AvgIpc) is 2.95. The highest BCUT2D eigenvalue weighted by molar-refractivity contribution is 5.70. The molecule has 0 bridgehead atoms. The van der Waals surface area contributed by atoms with Gasteiger partial charge in [-0.05, 0) is 27.2 Å². The molecule has 1 aliphatic rings. The number of hydrogen-bond acceptors (Lipinski definition) is 5. The second-order valence-electron chi connectivity index (χ2n) is 5.61. The Balaban J connectivity index is 1.96. The molecular weight excluding hydrogens is 248 g/mol. The topological polar surface area (TPSA) is 77.3 Å². The van der Waals surface area contributed by atoms with Gasteiger partial charge in [0.15, 0.2) is 6.29 Å². The molecule has 1 aliphatic heterocycles. The molecule has 0 radical (unpaired) electrons. The van der Waals surface area contributed by atoms with Gasteiger partial charge in [-0.2, -0.15) is 0 Å². The smallest absolute Gasteiger partial charge is 0.410 e. The maximum atomic E-state index is 11.9. The number of hydrogen-bond donors (Lipinski definition) is 0. The average molecular weight is 266 g/mol. The van der Waals surface area contributed by atoms with E-state index in [2.05, 4.69) is 10.3 Å². The summed E-state index contributed by atoms with van der Waals surface area (Å²) in [5, 5.41) is 7.61. The quantitative estimate of drug-likeness (QED) is 0.753. The number of aromatic nitrogens is 3. The number of carbonyl (C=O) groups excluding carboxylic acids is 2. The van der Waals surface area contributed by atoms with Crippen LogP contribution in [0.15, 0.2) is 6.20 Å². The first-order chi connectivity index (χ1) is 8.89. The monoisotopic (exact) mass is 266 g/mol. The molecule has 19 heavy (non-hydrogen) atoms. The minimum absolute atomic E-state index is 0.0497. The Kier molecular flexibility index (Phi) is 3.55. The van der Waals surface area contributed by atoms with Gasteiger partial charge in [0.2, 0.25) is 0 Å². The van der Waals surface area contributed by atoms with Gasteiger partial charge in [-0.15, -0.1) is 5.10 Å². The Morgan fingerprint density at radius 1 is 1.53 bits per heavy atom. The Morgan fingerprint density at radius 2 is 2.26 bits per heavy atom. The molecule has 0 N–H and O–H groups in total. The molecule has 2 rings (SSSR count). The lowest BCUT2D eigenvalue weighted by atomic mass is 10.2. The van der Waals surface area contributed by atoms with E-state index in [9.17, 15) is 9.59 Å². The van der Waals surface area contributed by atoms with Gasteiger partial charge in [0, 0.05) is 13.1 Å². The zero-order valence-electron chi connectivity index (χ0n) is 11.4. The lowest BCUT2D eigenvalue weighted by Gasteiger charge is -2.24. The lowest BCUT2D eigenvalue weighted by Crippen LogP contribution is -2.35. The van der Waals surface area contributed by atoms with Crippen LogP contribution in [0.2, 0.25) is 0 Å². The third-order valence-electron chi connectivity index (χ3n) is 2.84. The molecule has 1 aromatic heterocycles. The van der Waals surface area contributed by atoms with E-state index < -0.39 is 5.60 Å². The van der Waals surface area contributed by atoms with Gasteiger partial charge >= 0.3 is 6.09 Å². The van der Waals surface area contributed by atoms with Gasteiger partial charge in [0.25, 0.3) is 0 Å². The summed E-state index contributed by atoms with van der Waals surface area (Å²) in [4.78, 5) is 24.1. The zero-order chi connectivity index (χ0) is 14.0. The predicted octanol–water partition coefficient (Wildman–Crippen LogP) is 1.27. The summed E-state index contributed by atoms with van der Waals surface area (Å²) in [6.07, 6.45) is 2.71. The first-order valence-electron chi connectivity index (χ1n) is 6.24. The summed E-state index contributed by atoms with van der Waals surface area (Å²) in [6.45, 7) is 6.66. The maximum Gasteiger partial charge on any atom is 0.410 e. The minimum Gasteiger partial charge on any atom is -0.444 e. The first-order valence-corrected chi connectivity index (χ1v) is 6.24. The van der Waals surface area contributed by atoms with Gasteiger partial charge < -0.3 is 9.64 Å². The van der Waals surface area contributed by atoms with E-state index in [0.717, 1.165) is 6.42 Å². The Labute approximate surface area is 111 Å². The molecule has 7 nitrogen and oxygen atoms in total. The van der Waals surface area contributed by atoms with Gasteiger partial charge in [-0.1, -0.05) is 5.21 Å². The van der Waals surface area contributed by atoms with Crippen LogP contribution in [0.4, 0.5) is 4.79 Å². The van der Waals surface area contributed by atoms with Crippen LogP contribution in [0.3, 0.4) is 0 Å². The van der Waals surface area contributed by atoms with Crippen molar-refractivity contribution in [3.05, 3.63) is 11.9 Å².